The zero-order valence-corrected chi connectivity index (χ0v) is 12.8. The van der Waals surface area contributed by atoms with Crippen LogP contribution in [-0.4, -0.2) is 10.8 Å². The van der Waals surface area contributed by atoms with Gasteiger partial charge in [-0.15, -0.1) is 11.8 Å². The molecule has 0 saturated carbocycles. The SMILES string of the molecule is Cc1cc(C)cc(CSc2nccc(C)c2C(=N)N)c1. The highest BCUT2D eigenvalue weighted by Gasteiger charge is 2.10. The molecule has 0 unspecified atom stereocenters. The lowest BCUT2D eigenvalue weighted by atomic mass is 10.1. The zero-order valence-electron chi connectivity index (χ0n) is 12.0. The molecule has 0 aliphatic carbocycles. The Morgan fingerprint density at radius 1 is 1.20 bits per heavy atom. The Balaban J connectivity index is 2.23. The number of nitrogen functional groups attached to an aromatic ring is 1. The lowest BCUT2D eigenvalue weighted by Crippen LogP contribution is -2.15. The van der Waals surface area contributed by atoms with Crippen molar-refractivity contribution in [1.29, 1.82) is 5.41 Å². The summed E-state index contributed by atoms with van der Waals surface area (Å²) in [5.41, 5.74) is 11.2. The summed E-state index contributed by atoms with van der Waals surface area (Å²) in [6.45, 7) is 6.17. The number of nitrogens with one attached hydrogen (secondary N) is 1. The van der Waals surface area contributed by atoms with E-state index in [-0.39, 0.29) is 5.84 Å². The van der Waals surface area contributed by atoms with Crippen LogP contribution in [0.15, 0.2) is 35.5 Å². The summed E-state index contributed by atoms with van der Waals surface area (Å²) in [6, 6.07) is 8.42. The van der Waals surface area contributed by atoms with Gasteiger partial charge in [-0.2, -0.15) is 0 Å². The standard InChI is InChI=1S/C16H19N3S/c1-10-6-11(2)8-13(7-10)9-20-16-14(15(17)18)12(3)4-5-19-16/h4-8H,9H2,1-3H3,(H3,17,18). The van der Waals surface area contributed by atoms with Gasteiger partial charge < -0.3 is 5.73 Å². The third kappa shape index (κ3) is 3.39. The molecule has 2 aromatic rings. The van der Waals surface area contributed by atoms with Crippen LogP contribution < -0.4 is 5.73 Å². The fourth-order valence-electron chi connectivity index (χ4n) is 2.27. The predicted molar refractivity (Wildman–Crippen MR) is 85.5 cm³/mol. The number of amidine groups is 1. The van der Waals surface area contributed by atoms with Gasteiger partial charge in [-0.05, 0) is 38.0 Å². The highest BCUT2D eigenvalue weighted by atomic mass is 32.2. The molecule has 0 atom stereocenters. The van der Waals surface area contributed by atoms with E-state index in [2.05, 4.69) is 37.0 Å². The largest absolute Gasteiger partial charge is 0.384 e. The Morgan fingerprint density at radius 3 is 2.45 bits per heavy atom. The topological polar surface area (TPSA) is 62.8 Å². The molecule has 104 valence electrons. The Bertz CT molecular complexity index is 630. The first-order valence-corrected chi connectivity index (χ1v) is 7.46. The maximum absolute atomic E-state index is 7.69. The minimum Gasteiger partial charge on any atom is -0.384 e. The number of rotatable bonds is 4. The van der Waals surface area contributed by atoms with Gasteiger partial charge in [0.25, 0.3) is 0 Å². The van der Waals surface area contributed by atoms with Crippen molar-refractivity contribution >= 4 is 17.6 Å². The van der Waals surface area contributed by atoms with Crippen molar-refractivity contribution < 1.29 is 0 Å². The number of hydrogen-bond acceptors (Lipinski definition) is 3. The summed E-state index contributed by atoms with van der Waals surface area (Å²) in [6.07, 6.45) is 1.77. The van der Waals surface area contributed by atoms with Gasteiger partial charge in [0.15, 0.2) is 0 Å². The molecule has 3 nitrogen and oxygen atoms in total. The van der Waals surface area contributed by atoms with Crippen molar-refractivity contribution in [3.05, 3.63) is 58.3 Å². The van der Waals surface area contributed by atoms with Crippen molar-refractivity contribution in [2.45, 2.75) is 31.6 Å². The van der Waals surface area contributed by atoms with Crippen LogP contribution in [0.1, 0.15) is 27.8 Å². The first kappa shape index (κ1) is 14.6. The summed E-state index contributed by atoms with van der Waals surface area (Å²) in [7, 11) is 0. The molecule has 0 spiro atoms. The number of nitrogens with two attached hydrogens (primary N) is 1. The molecule has 2 rings (SSSR count). The number of pyridine rings is 1. The van der Waals surface area contributed by atoms with Crippen molar-refractivity contribution in [1.82, 2.24) is 4.98 Å². The normalized spacial score (nSPS) is 10.6. The van der Waals surface area contributed by atoms with Crippen LogP contribution in [-0.2, 0) is 5.75 Å². The third-order valence-corrected chi connectivity index (χ3v) is 4.11. The molecule has 0 fully saturated rings. The van der Waals surface area contributed by atoms with Crippen LogP contribution >= 0.6 is 11.8 Å². The Labute approximate surface area is 124 Å². The van der Waals surface area contributed by atoms with Gasteiger partial charge in [0, 0.05) is 11.9 Å². The van der Waals surface area contributed by atoms with Gasteiger partial charge in [0.2, 0.25) is 0 Å². The number of aryl methyl sites for hydroxylation is 3. The third-order valence-electron chi connectivity index (χ3n) is 3.05. The maximum atomic E-state index is 7.69. The molecule has 1 aromatic heterocycles. The number of aromatic nitrogens is 1. The Kier molecular flexibility index (Phi) is 4.45. The highest BCUT2D eigenvalue weighted by molar-refractivity contribution is 7.98. The second kappa shape index (κ2) is 6.09. The van der Waals surface area contributed by atoms with E-state index in [1.807, 2.05) is 13.0 Å². The second-order valence-corrected chi connectivity index (χ2v) is 5.97. The monoisotopic (exact) mass is 285 g/mol. The van der Waals surface area contributed by atoms with Crippen LogP contribution in [0.5, 0.6) is 0 Å². The molecule has 0 bridgehead atoms. The van der Waals surface area contributed by atoms with E-state index in [0.717, 1.165) is 21.9 Å². The molecule has 1 heterocycles. The van der Waals surface area contributed by atoms with E-state index >= 15 is 0 Å². The van der Waals surface area contributed by atoms with Crippen molar-refractivity contribution in [3.8, 4) is 0 Å². The molecular weight excluding hydrogens is 266 g/mol. The summed E-state index contributed by atoms with van der Waals surface area (Å²) in [5.74, 6) is 0.915. The van der Waals surface area contributed by atoms with E-state index in [1.54, 1.807) is 18.0 Å². The summed E-state index contributed by atoms with van der Waals surface area (Å²) in [4.78, 5) is 4.36. The predicted octanol–water partition coefficient (Wildman–Crippen LogP) is 3.58. The van der Waals surface area contributed by atoms with Gasteiger partial charge in [0.1, 0.15) is 10.9 Å². The van der Waals surface area contributed by atoms with Crippen molar-refractivity contribution in [3.63, 3.8) is 0 Å². The average molecular weight is 285 g/mol. The first-order chi connectivity index (χ1) is 9.47. The smallest absolute Gasteiger partial charge is 0.125 e. The molecule has 0 radical (unpaired) electrons. The lowest BCUT2D eigenvalue weighted by molar-refractivity contribution is 1.08. The molecule has 0 saturated heterocycles. The first-order valence-electron chi connectivity index (χ1n) is 6.47. The molecule has 4 heteroatoms. The number of nitrogens with zero attached hydrogens (tertiary/aromatic N) is 1. The number of benzene rings is 1. The fourth-order valence-corrected chi connectivity index (χ4v) is 3.30. The lowest BCUT2D eigenvalue weighted by Gasteiger charge is -2.10. The van der Waals surface area contributed by atoms with E-state index in [4.69, 9.17) is 11.1 Å². The van der Waals surface area contributed by atoms with Crippen molar-refractivity contribution in [2.24, 2.45) is 5.73 Å². The van der Waals surface area contributed by atoms with Gasteiger partial charge in [-0.25, -0.2) is 4.98 Å². The quantitative estimate of drug-likeness (QED) is 0.512. The highest BCUT2D eigenvalue weighted by Crippen LogP contribution is 2.26. The summed E-state index contributed by atoms with van der Waals surface area (Å²) >= 11 is 1.63. The van der Waals surface area contributed by atoms with Gasteiger partial charge in [0.05, 0.1) is 5.56 Å². The van der Waals surface area contributed by atoms with Crippen LogP contribution in [0.2, 0.25) is 0 Å². The van der Waals surface area contributed by atoms with Gasteiger partial charge >= 0.3 is 0 Å². The van der Waals surface area contributed by atoms with Gasteiger partial charge in [-0.3, -0.25) is 5.41 Å². The minimum atomic E-state index is 0.0820. The molecule has 0 amide bonds. The van der Waals surface area contributed by atoms with Crippen LogP contribution in [0.25, 0.3) is 0 Å². The number of thioether (sulfide) groups is 1. The van der Waals surface area contributed by atoms with Gasteiger partial charge in [-0.1, -0.05) is 29.3 Å². The average Bonchev–Trinajstić information content (AvgIpc) is 2.34. The fraction of sp³-hybridized carbons (Fsp3) is 0.250. The Hall–Kier alpha value is -1.81. The maximum Gasteiger partial charge on any atom is 0.125 e. The van der Waals surface area contributed by atoms with Crippen LogP contribution in [0.4, 0.5) is 0 Å². The van der Waals surface area contributed by atoms with Crippen LogP contribution in [0, 0.1) is 26.2 Å². The van der Waals surface area contributed by atoms with E-state index in [0.29, 0.717) is 0 Å². The van der Waals surface area contributed by atoms with Crippen LogP contribution in [0.3, 0.4) is 0 Å². The molecule has 1 aromatic carbocycles. The second-order valence-electron chi connectivity index (χ2n) is 5.01. The van der Waals surface area contributed by atoms with E-state index in [9.17, 15) is 0 Å². The van der Waals surface area contributed by atoms with E-state index < -0.39 is 0 Å². The molecule has 3 N–H and O–H groups in total. The molecule has 0 aliphatic rings. The molecule has 20 heavy (non-hydrogen) atoms. The Morgan fingerprint density at radius 2 is 1.85 bits per heavy atom. The van der Waals surface area contributed by atoms with Crippen molar-refractivity contribution in [2.75, 3.05) is 0 Å². The zero-order chi connectivity index (χ0) is 14.7. The summed E-state index contributed by atoms with van der Waals surface area (Å²) in [5, 5.41) is 8.52. The number of hydrogen-bond donors (Lipinski definition) is 2. The minimum absolute atomic E-state index is 0.0820. The summed E-state index contributed by atoms with van der Waals surface area (Å²) < 4.78 is 0. The van der Waals surface area contributed by atoms with E-state index in [1.165, 1.54) is 16.7 Å². The molecule has 0 aliphatic heterocycles. The molecular formula is C16H19N3S.